The Morgan fingerprint density at radius 1 is 0.870 bits per heavy atom. The van der Waals surface area contributed by atoms with E-state index in [9.17, 15) is 0 Å². The molecular formula is C16H8N4O2S. The van der Waals surface area contributed by atoms with Crippen molar-refractivity contribution in [3.63, 3.8) is 0 Å². The summed E-state index contributed by atoms with van der Waals surface area (Å²) in [6.07, 6.45) is 1.54. The maximum absolute atomic E-state index is 5.66. The standard InChI is InChI=1S/C16H8N4O2S/c1-2-4-13-9(3-1)17-16(22-13)15-18-12(8-21-15)11-7-14-10(19-20-11)5-6-23-14/h1-8H. The van der Waals surface area contributed by atoms with Crippen molar-refractivity contribution in [3.05, 3.63) is 48.0 Å². The van der Waals surface area contributed by atoms with E-state index < -0.39 is 0 Å². The summed E-state index contributed by atoms with van der Waals surface area (Å²) >= 11 is 1.61. The fourth-order valence-electron chi connectivity index (χ4n) is 2.34. The maximum Gasteiger partial charge on any atom is 0.284 e. The Morgan fingerprint density at radius 2 is 1.83 bits per heavy atom. The molecule has 23 heavy (non-hydrogen) atoms. The summed E-state index contributed by atoms with van der Waals surface area (Å²) in [5.41, 5.74) is 3.60. The molecule has 5 rings (SSSR count). The minimum atomic E-state index is 0.323. The molecule has 4 heterocycles. The van der Waals surface area contributed by atoms with E-state index in [0.29, 0.717) is 28.8 Å². The number of hydrogen-bond acceptors (Lipinski definition) is 7. The van der Waals surface area contributed by atoms with Crippen LogP contribution in [0, 0.1) is 0 Å². The van der Waals surface area contributed by atoms with Crippen LogP contribution >= 0.6 is 11.3 Å². The van der Waals surface area contributed by atoms with Crippen LogP contribution in [0.5, 0.6) is 0 Å². The van der Waals surface area contributed by atoms with E-state index in [0.717, 1.165) is 15.7 Å². The third-order valence-corrected chi connectivity index (χ3v) is 4.30. The molecule has 7 heteroatoms. The highest BCUT2D eigenvalue weighted by Gasteiger charge is 2.16. The number of oxazole rings is 2. The summed E-state index contributed by atoms with van der Waals surface area (Å²) in [6, 6.07) is 11.4. The number of benzene rings is 1. The summed E-state index contributed by atoms with van der Waals surface area (Å²) in [4.78, 5) is 8.79. The summed E-state index contributed by atoms with van der Waals surface area (Å²) in [5.74, 6) is 0.673. The highest BCUT2D eigenvalue weighted by atomic mass is 32.1. The fraction of sp³-hybridized carbons (Fsp3) is 0. The SMILES string of the molecule is c1ccc2oc(-c3nc(-c4cc5sccc5nn4)co3)nc2c1. The van der Waals surface area contributed by atoms with Gasteiger partial charge in [-0.15, -0.1) is 21.5 Å². The van der Waals surface area contributed by atoms with Crippen LogP contribution in [0.4, 0.5) is 0 Å². The third kappa shape index (κ3) is 2.01. The molecule has 0 saturated carbocycles. The molecule has 5 aromatic rings. The summed E-state index contributed by atoms with van der Waals surface area (Å²) < 4.78 is 12.2. The normalized spacial score (nSPS) is 11.5. The number of thiophene rings is 1. The first-order valence-electron chi connectivity index (χ1n) is 6.89. The predicted octanol–water partition coefficient (Wildman–Crippen LogP) is 4.15. The molecule has 110 valence electrons. The van der Waals surface area contributed by atoms with Crippen LogP contribution in [-0.4, -0.2) is 20.2 Å². The molecule has 0 aliphatic carbocycles. The van der Waals surface area contributed by atoms with E-state index in [-0.39, 0.29) is 0 Å². The molecule has 0 aliphatic heterocycles. The molecule has 0 aliphatic rings. The lowest BCUT2D eigenvalue weighted by molar-refractivity contribution is 0.527. The first-order chi connectivity index (χ1) is 11.4. The van der Waals surface area contributed by atoms with Crippen molar-refractivity contribution in [1.82, 2.24) is 20.2 Å². The average Bonchev–Trinajstić information content (AvgIpc) is 3.31. The van der Waals surface area contributed by atoms with Crippen molar-refractivity contribution in [2.75, 3.05) is 0 Å². The summed E-state index contributed by atoms with van der Waals surface area (Å²) in [5, 5.41) is 10.3. The second-order valence-electron chi connectivity index (χ2n) is 4.92. The van der Waals surface area contributed by atoms with Crippen LogP contribution in [-0.2, 0) is 0 Å². The molecule has 0 spiro atoms. The minimum Gasteiger partial charge on any atom is -0.440 e. The first kappa shape index (κ1) is 12.5. The molecule has 0 unspecified atom stereocenters. The highest BCUT2D eigenvalue weighted by molar-refractivity contribution is 7.17. The van der Waals surface area contributed by atoms with Gasteiger partial charge in [0.25, 0.3) is 11.8 Å². The zero-order valence-electron chi connectivity index (χ0n) is 11.6. The largest absolute Gasteiger partial charge is 0.440 e. The van der Waals surface area contributed by atoms with Gasteiger partial charge in [-0.2, -0.15) is 0 Å². The van der Waals surface area contributed by atoms with Crippen molar-refractivity contribution in [1.29, 1.82) is 0 Å². The lowest BCUT2D eigenvalue weighted by Gasteiger charge is -1.93. The van der Waals surface area contributed by atoms with Gasteiger partial charge in [-0.1, -0.05) is 12.1 Å². The molecule has 0 bridgehead atoms. The maximum atomic E-state index is 5.66. The van der Waals surface area contributed by atoms with E-state index in [1.165, 1.54) is 6.26 Å². The zero-order valence-corrected chi connectivity index (χ0v) is 12.4. The lowest BCUT2D eigenvalue weighted by Crippen LogP contribution is -1.87. The van der Waals surface area contributed by atoms with Crippen molar-refractivity contribution in [2.45, 2.75) is 0 Å². The number of rotatable bonds is 2. The van der Waals surface area contributed by atoms with Crippen LogP contribution in [0.25, 0.3) is 44.5 Å². The van der Waals surface area contributed by atoms with Crippen LogP contribution < -0.4 is 0 Å². The molecular weight excluding hydrogens is 312 g/mol. The molecule has 0 fully saturated rings. The van der Waals surface area contributed by atoms with Gasteiger partial charge in [0.1, 0.15) is 28.7 Å². The Bertz CT molecular complexity index is 1090. The van der Waals surface area contributed by atoms with Gasteiger partial charge in [-0.3, -0.25) is 0 Å². The van der Waals surface area contributed by atoms with Gasteiger partial charge >= 0.3 is 0 Å². The monoisotopic (exact) mass is 320 g/mol. The van der Waals surface area contributed by atoms with Crippen molar-refractivity contribution >= 4 is 32.7 Å². The molecule has 0 amide bonds. The number of aromatic nitrogens is 4. The average molecular weight is 320 g/mol. The number of hydrogen-bond donors (Lipinski definition) is 0. The van der Waals surface area contributed by atoms with E-state index in [1.807, 2.05) is 41.8 Å². The van der Waals surface area contributed by atoms with Crippen LogP contribution in [0.15, 0.2) is 56.9 Å². The van der Waals surface area contributed by atoms with Gasteiger partial charge < -0.3 is 8.83 Å². The molecule has 6 nitrogen and oxygen atoms in total. The van der Waals surface area contributed by atoms with E-state index in [4.69, 9.17) is 8.83 Å². The minimum absolute atomic E-state index is 0.323. The number of fused-ring (bicyclic) bond motifs is 2. The Hall–Kier alpha value is -3.06. The topological polar surface area (TPSA) is 77.8 Å². The first-order valence-corrected chi connectivity index (χ1v) is 7.77. The second kappa shape index (κ2) is 4.72. The smallest absolute Gasteiger partial charge is 0.284 e. The van der Waals surface area contributed by atoms with Gasteiger partial charge in [-0.25, -0.2) is 9.97 Å². The lowest BCUT2D eigenvalue weighted by atomic mass is 10.3. The molecule has 0 saturated heterocycles. The molecule has 0 radical (unpaired) electrons. The Labute approximate surface area is 133 Å². The Kier molecular flexibility index (Phi) is 2.56. The van der Waals surface area contributed by atoms with Crippen LogP contribution in [0.2, 0.25) is 0 Å². The molecule has 1 aromatic carbocycles. The quantitative estimate of drug-likeness (QED) is 0.486. The van der Waals surface area contributed by atoms with Gasteiger partial charge in [0, 0.05) is 0 Å². The van der Waals surface area contributed by atoms with Crippen molar-refractivity contribution in [2.24, 2.45) is 0 Å². The van der Waals surface area contributed by atoms with E-state index in [2.05, 4.69) is 20.2 Å². The van der Waals surface area contributed by atoms with Crippen molar-refractivity contribution in [3.8, 4) is 23.2 Å². The zero-order chi connectivity index (χ0) is 15.2. The van der Waals surface area contributed by atoms with E-state index in [1.54, 1.807) is 11.3 Å². The molecule has 0 atom stereocenters. The molecule has 0 N–H and O–H groups in total. The second-order valence-corrected chi connectivity index (χ2v) is 5.87. The van der Waals surface area contributed by atoms with Gasteiger partial charge in [-0.05, 0) is 29.6 Å². The Morgan fingerprint density at radius 3 is 2.78 bits per heavy atom. The highest BCUT2D eigenvalue weighted by Crippen LogP contribution is 2.28. The Balaban J connectivity index is 1.58. The van der Waals surface area contributed by atoms with Gasteiger partial charge in [0.05, 0.1) is 4.70 Å². The predicted molar refractivity (Wildman–Crippen MR) is 85.9 cm³/mol. The summed E-state index contributed by atoms with van der Waals surface area (Å²) in [7, 11) is 0. The third-order valence-electron chi connectivity index (χ3n) is 3.45. The summed E-state index contributed by atoms with van der Waals surface area (Å²) in [6.45, 7) is 0. The van der Waals surface area contributed by atoms with E-state index >= 15 is 0 Å². The van der Waals surface area contributed by atoms with Gasteiger partial charge in [0.15, 0.2) is 5.58 Å². The molecule has 4 aromatic heterocycles. The van der Waals surface area contributed by atoms with Gasteiger partial charge in [0.2, 0.25) is 0 Å². The van der Waals surface area contributed by atoms with Crippen LogP contribution in [0.1, 0.15) is 0 Å². The van der Waals surface area contributed by atoms with Crippen LogP contribution in [0.3, 0.4) is 0 Å². The fourth-order valence-corrected chi connectivity index (χ4v) is 3.10. The number of nitrogens with zero attached hydrogens (tertiary/aromatic N) is 4. The number of para-hydroxylation sites is 2. The van der Waals surface area contributed by atoms with Crippen molar-refractivity contribution < 1.29 is 8.83 Å².